The lowest BCUT2D eigenvalue weighted by molar-refractivity contribution is 0.649. The van der Waals surface area contributed by atoms with E-state index in [1.807, 2.05) is 0 Å². The van der Waals surface area contributed by atoms with Gasteiger partial charge in [-0.2, -0.15) is 0 Å². The summed E-state index contributed by atoms with van der Waals surface area (Å²) in [5.74, 6) is 0. The van der Waals surface area contributed by atoms with E-state index in [4.69, 9.17) is 0 Å². The summed E-state index contributed by atoms with van der Waals surface area (Å²) < 4.78 is 1.13. The van der Waals surface area contributed by atoms with Crippen LogP contribution in [-0.4, -0.2) is 6.54 Å². The van der Waals surface area contributed by atoms with Gasteiger partial charge in [-0.3, -0.25) is 0 Å². The molecule has 0 atom stereocenters. The summed E-state index contributed by atoms with van der Waals surface area (Å²) in [5.41, 5.74) is 2.75. The third kappa shape index (κ3) is 4.63. The molecule has 0 aliphatic heterocycles. The Morgan fingerprint density at radius 3 is 2.28 bits per heavy atom. The minimum Gasteiger partial charge on any atom is -0.313 e. The molecular formula is C16H18BrN. The number of aryl methyl sites for hydroxylation is 1. The average molecular weight is 304 g/mol. The van der Waals surface area contributed by atoms with E-state index in [9.17, 15) is 0 Å². The van der Waals surface area contributed by atoms with Gasteiger partial charge in [0, 0.05) is 11.0 Å². The Morgan fingerprint density at radius 2 is 1.56 bits per heavy atom. The normalized spacial score (nSPS) is 10.5. The SMILES string of the molecule is Brc1ccc(CNCCCc2ccccc2)cc1. The predicted octanol–water partition coefficient (Wildman–Crippen LogP) is 4.17. The third-order valence-electron chi connectivity index (χ3n) is 2.90. The molecule has 94 valence electrons. The molecule has 0 spiro atoms. The molecule has 18 heavy (non-hydrogen) atoms. The second kappa shape index (κ2) is 7.34. The molecule has 0 radical (unpaired) electrons. The van der Waals surface area contributed by atoms with Gasteiger partial charge < -0.3 is 5.32 Å². The van der Waals surface area contributed by atoms with Crippen LogP contribution in [0.1, 0.15) is 17.5 Å². The smallest absolute Gasteiger partial charge is 0.0205 e. The first-order chi connectivity index (χ1) is 8.84. The van der Waals surface area contributed by atoms with Gasteiger partial charge in [0.25, 0.3) is 0 Å². The van der Waals surface area contributed by atoms with E-state index in [0.29, 0.717) is 0 Å². The van der Waals surface area contributed by atoms with Crippen LogP contribution in [0.15, 0.2) is 59.1 Å². The van der Waals surface area contributed by atoms with Gasteiger partial charge in [-0.25, -0.2) is 0 Å². The molecule has 1 nitrogen and oxygen atoms in total. The number of hydrogen-bond acceptors (Lipinski definition) is 1. The van der Waals surface area contributed by atoms with E-state index in [1.165, 1.54) is 17.5 Å². The molecular weight excluding hydrogens is 286 g/mol. The van der Waals surface area contributed by atoms with Crippen LogP contribution in [0.2, 0.25) is 0 Å². The summed E-state index contributed by atoms with van der Waals surface area (Å²) in [6.45, 7) is 2.01. The van der Waals surface area contributed by atoms with Crippen LogP contribution in [0.25, 0.3) is 0 Å². The number of hydrogen-bond donors (Lipinski definition) is 1. The molecule has 2 rings (SSSR count). The van der Waals surface area contributed by atoms with Gasteiger partial charge in [-0.15, -0.1) is 0 Å². The van der Waals surface area contributed by atoms with Crippen LogP contribution in [0, 0.1) is 0 Å². The van der Waals surface area contributed by atoms with Crippen molar-refractivity contribution in [2.75, 3.05) is 6.54 Å². The Labute approximate surface area is 117 Å². The summed E-state index contributed by atoms with van der Waals surface area (Å²) in [4.78, 5) is 0. The van der Waals surface area contributed by atoms with E-state index in [-0.39, 0.29) is 0 Å². The third-order valence-corrected chi connectivity index (χ3v) is 3.43. The Kier molecular flexibility index (Phi) is 5.43. The Bertz CT molecular complexity index is 450. The second-order valence-corrected chi connectivity index (χ2v) is 5.31. The van der Waals surface area contributed by atoms with E-state index >= 15 is 0 Å². The van der Waals surface area contributed by atoms with Gasteiger partial charge in [-0.1, -0.05) is 58.4 Å². The van der Waals surface area contributed by atoms with Gasteiger partial charge in [-0.05, 0) is 42.6 Å². The lowest BCUT2D eigenvalue weighted by Gasteiger charge is -2.05. The van der Waals surface area contributed by atoms with Crippen LogP contribution in [0.5, 0.6) is 0 Å². The summed E-state index contributed by atoms with van der Waals surface area (Å²) >= 11 is 3.44. The highest BCUT2D eigenvalue weighted by atomic mass is 79.9. The monoisotopic (exact) mass is 303 g/mol. The van der Waals surface area contributed by atoms with Gasteiger partial charge in [0.15, 0.2) is 0 Å². The van der Waals surface area contributed by atoms with Crippen molar-refractivity contribution >= 4 is 15.9 Å². The lowest BCUT2D eigenvalue weighted by Crippen LogP contribution is -2.15. The quantitative estimate of drug-likeness (QED) is 0.790. The van der Waals surface area contributed by atoms with Gasteiger partial charge in [0.05, 0.1) is 0 Å². The van der Waals surface area contributed by atoms with Crippen molar-refractivity contribution in [2.45, 2.75) is 19.4 Å². The maximum atomic E-state index is 3.48. The number of benzene rings is 2. The zero-order valence-corrected chi connectivity index (χ0v) is 12.0. The summed E-state index contributed by atoms with van der Waals surface area (Å²) in [6, 6.07) is 19.1. The van der Waals surface area contributed by atoms with Gasteiger partial charge >= 0.3 is 0 Å². The van der Waals surface area contributed by atoms with Gasteiger partial charge in [0.2, 0.25) is 0 Å². The lowest BCUT2D eigenvalue weighted by atomic mass is 10.1. The van der Waals surface area contributed by atoms with Crippen molar-refractivity contribution in [3.63, 3.8) is 0 Å². The highest BCUT2D eigenvalue weighted by molar-refractivity contribution is 9.10. The molecule has 0 aliphatic rings. The Hall–Kier alpha value is -1.12. The number of nitrogens with one attached hydrogen (secondary N) is 1. The molecule has 0 heterocycles. The van der Waals surface area contributed by atoms with Crippen molar-refractivity contribution < 1.29 is 0 Å². The molecule has 0 fully saturated rings. The van der Waals surface area contributed by atoms with Crippen molar-refractivity contribution in [3.8, 4) is 0 Å². The highest BCUT2D eigenvalue weighted by Crippen LogP contribution is 2.10. The van der Waals surface area contributed by atoms with Crippen LogP contribution >= 0.6 is 15.9 Å². The van der Waals surface area contributed by atoms with E-state index < -0.39 is 0 Å². The van der Waals surface area contributed by atoms with Crippen molar-refractivity contribution in [2.24, 2.45) is 0 Å². The molecule has 0 saturated heterocycles. The molecule has 0 unspecified atom stereocenters. The topological polar surface area (TPSA) is 12.0 Å². The average Bonchev–Trinajstić information content (AvgIpc) is 2.42. The molecule has 0 bridgehead atoms. The van der Waals surface area contributed by atoms with Crippen LogP contribution in [0.4, 0.5) is 0 Å². The molecule has 0 saturated carbocycles. The fraction of sp³-hybridized carbons (Fsp3) is 0.250. The maximum Gasteiger partial charge on any atom is 0.0205 e. The van der Waals surface area contributed by atoms with Crippen LogP contribution in [-0.2, 0) is 13.0 Å². The fourth-order valence-corrected chi connectivity index (χ4v) is 2.16. The first-order valence-corrected chi connectivity index (χ1v) is 7.13. The van der Waals surface area contributed by atoms with Crippen molar-refractivity contribution in [1.82, 2.24) is 5.32 Å². The molecule has 0 aromatic heterocycles. The fourth-order valence-electron chi connectivity index (χ4n) is 1.90. The van der Waals surface area contributed by atoms with Crippen LogP contribution < -0.4 is 5.32 Å². The second-order valence-electron chi connectivity index (χ2n) is 4.39. The highest BCUT2D eigenvalue weighted by Gasteiger charge is 1.94. The Morgan fingerprint density at radius 1 is 0.833 bits per heavy atom. The minimum atomic E-state index is 0.946. The van der Waals surface area contributed by atoms with Crippen molar-refractivity contribution in [1.29, 1.82) is 0 Å². The predicted molar refractivity (Wildman–Crippen MR) is 80.6 cm³/mol. The van der Waals surface area contributed by atoms with E-state index in [0.717, 1.165) is 24.0 Å². The maximum absolute atomic E-state index is 3.48. The molecule has 2 heteroatoms. The zero-order valence-electron chi connectivity index (χ0n) is 10.4. The van der Waals surface area contributed by atoms with Gasteiger partial charge in [0.1, 0.15) is 0 Å². The molecule has 2 aromatic carbocycles. The Balaban J connectivity index is 1.63. The first-order valence-electron chi connectivity index (χ1n) is 6.34. The zero-order chi connectivity index (χ0) is 12.6. The molecule has 0 aliphatic carbocycles. The number of rotatable bonds is 6. The van der Waals surface area contributed by atoms with Crippen LogP contribution in [0.3, 0.4) is 0 Å². The number of halogens is 1. The summed E-state index contributed by atoms with van der Waals surface area (Å²) in [6.07, 6.45) is 2.33. The van der Waals surface area contributed by atoms with Crippen molar-refractivity contribution in [3.05, 3.63) is 70.2 Å². The first kappa shape index (κ1) is 13.3. The summed E-state index contributed by atoms with van der Waals surface area (Å²) in [7, 11) is 0. The molecule has 2 aromatic rings. The summed E-state index contributed by atoms with van der Waals surface area (Å²) in [5, 5.41) is 3.48. The van der Waals surface area contributed by atoms with E-state index in [2.05, 4.69) is 75.8 Å². The minimum absolute atomic E-state index is 0.946. The molecule has 0 amide bonds. The standard InChI is InChI=1S/C16H18BrN/c17-16-10-8-15(9-11-16)13-18-12-4-7-14-5-2-1-3-6-14/h1-3,5-6,8-11,18H,4,7,12-13H2. The largest absolute Gasteiger partial charge is 0.313 e. The molecule has 1 N–H and O–H groups in total. The van der Waals surface area contributed by atoms with E-state index in [1.54, 1.807) is 0 Å².